The summed E-state index contributed by atoms with van der Waals surface area (Å²) >= 11 is 2.58. The van der Waals surface area contributed by atoms with Crippen molar-refractivity contribution in [1.29, 1.82) is 0 Å². The molecule has 2 atom stereocenters. The van der Waals surface area contributed by atoms with E-state index in [2.05, 4.69) is 27.9 Å². The number of fused-ring (bicyclic) bond motifs is 1. The first-order chi connectivity index (χ1) is 3.31. The fourth-order valence-electron chi connectivity index (χ4n) is 1.28. The van der Waals surface area contributed by atoms with Crippen molar-refractivity contribution >= 4 is 22.6 Å². The molecule has 1 heterocycles. The second kappa shape index (κ2) is 1.16. The first-order valence-corrected chi connectivity index (χ1v) is 3.79. The minimum atomic E-state index is 0.720. The molecular formula is C5H8IN. The zero-order valence-electron chi connectivity index (χ0n) is 4.08. The van der Waals surface area contributed by atoms with Crippen LogP contribution in [-0.2, 0) is 0 Å². The molecule has 2 rings (SSSR count). The molecule has 7 heavy (non-hydrogen) atoms. The molecule has 0 spiro atoms. The van der Waals surface area contributed by atoms with E-state index in [4.69, 9.17) is 0 Å². The highest BCUT2D eigenvalue weighted by atomic mass is 127. The summed E-state index contributed by atoms with van der Waals surface area (Å²) in [5.74, 6) is 1.04. The van der Waals surface area contributed by atoms with E-state index in [1.54, 1.807) is 0 Å². The van der Waals surface area contributed by atoms with Gasteiger partial charge in [-0.25, -0.2) is 0 Å². The van der Waals surface area contributed by atoms with Crippen LogP contribution < -0.4 is 5.32 Å². The molecule has 1 aliphatic carbocycles. The molecule has 1 saturated carbocycles. The van der Waals surface area contributed by atoms with Gasteiger partial charge in [0.2, 0.25) is 0 Å². The van der Waals surface area contributed by atoms with Gasteiger partial charge in [0.15, 0.2) is 0 Å². The lowest BCUT2D eigenvalue weighted by Gasteiger charge is -1.95. The van der Waals surface area contributed by atoms with Crippen LogP contribution in [0.25, 0.3) is 0 Å². The maximum Gasteiger partial charge on any atom is 0.0390 e. The molecule has 0 radical (unpaired) electrons. The molecule has 1 nitrogen and oxygen atoms in total. The lowest BCUT2D eigenvalue weighted by atomic mass is 10.4. The maximum atomic E-state index is 3.35. The predicted molar refractivity (Wildman–Crippen MR) is 37.7 cm³/mol. The number of rotatable bonds is 0. The number of halogens is 1. The average Bonchev–Trinajstić information content (AvgIpc) is 2.09. The second-order valence-corrected chi connectivity index (χ2v) is 4.71. The molecule has 2 heteroatoms. The van der Waals surface area contributed by atoms with Crippen molar-refractivity contribution in [3.05, 3.63) is 0 Å². The summed E-state index contributed by atoms with van der Waals surface area (Å²) in [6.45, 7) is 2.54. The van der Waals surface area contributed by atoms with E-state index < -0.39 is 0 Å². The van der Waals surface area contributed by atoms with Gasteiger partial charge < -0.3 is 5.32 Å². The fourth-order valence-corrected chi connectivity index (χ4v) is 2.30. The van der Waals surface area contributed by atoms with Gasteiger partial charge in [-0.3, -0.25) is 0 Å². The van der Waals surface area contributed by atoms with E-state index in [9.17, 15) is 0 Å². The summed E-state index contributed by atoms with van der Waals surface area (Å²) in [5.41, 5.74) is 0. The van der Waals surface area contributed by atoms with Crippen molar-refractivity contribution in [3.8, 4) is 0 Å². The van der Waals surface area contributed by atoms with E-state index in [1.807, 2.05) is 0 Å². The Balaban J connectivity index is 2.17. The molecule has 1 saturated heterocycles. The van der Waals surface area contributed by atoms with Crippen LogP contribution >= 0.6 is 22.6 Å². The van der Waals surface area contributed by atoms with E-state index >= 15 is 0 Å². The molecule has 40 valence electrons. The molecule has 0 aromatic carbocycles. The van der Waals surface area contributed by atoms with Gasteiger partial charge in [-0.15, -0.1) is 0 Å². The topological polar surface area (TPSA) is 12.0 Å². The molecular weight excluding hydrogens is 201 g/mol. The highest BCUT2D eigenvalue weighted by Gasteiger charge is 2.54. The highest BCUT2D eigenvalue weighted by molar-refractivity contribution is 14.1. The van der Waals surface area contributed by atoms with Crippen molar-refractivity contribution in [2.24, 2.45) is 5.92 Å². The average molecular weight is 209 g/mol. The Bertz CT molecular complexity index is 102. The van der Waals surface area contributed by atoms with Crippen molar-refractivity contribution in [2.45, 2.75) is 9.84 Å². The largest absolute Gasteiger partial charge is 0.315 e. The summed E-state index contributed by atoms with van der Waals surface area (Å²) in [4.78, 5) is 0. The molecule has 0 amide bonds. The van der Waals surface area contributed by atoms with Crippen LogP contribution in [0.4, 0.5) is 0 Å². The third-order valence-electron chi connectivity index (χ3n) is 1.97. The standard InChI is InChI=1S/C5H8IN/c6-5-1-4(5)2-7-3-5/h4,7H,1-3H2. The minimum Gasteiger partial charge on any atom is -0.315 e. The highest BCUT2D eigenvalue weighted by Crippen LogP contribution is 2.53. The fraction of sp³-hybridized carbons (Fsp3) is 1.00. The Labute approximate surface area is 57.0 Å². The summed E-state index contributed by atoms with van der Waals surface area (Å²) in [5, 5.41) is 3.35. The van der Waals surface area contributed by atoms with E-state index in [0.29, 0.717) is 0 Å². The van der Waals surface area contributed by atoms with Crippen molar-refractivity contribution < 1.29 is 0 Å². The quantitative estimate of drug-likeness (QED) is 0.459. The first kappa shape index (κ1) is 4.56. The van der Waals surface area contributed by atoms with Crippen LogP contribution in [-0.4, -0.2) is 16.5 Å². The van der Waals surface area contributed by atoms with Gasteiger partial charge in [0.25, 0.3) is 0 Å². The Kier molecular flexibility index (Phi) is 0.752. The Morgan fingerprint density at radius 1 is 1.71 bits per heavy atom. The van der Waals surface area contributed by atoms with E-state index in [-0.39, 0.29) is 0 Å². The van der Waals surface area contributed by atoms with Crippen LogP contribution in [0, 0.1) is 5.92 Å². The maximum absolute atomic E-state index is 3.35. The van der Waals surface area contributed by atoms with Crippen LogP contribution in [0.1, 0.15) is 6.42 Å². The third kappa shape index (κ3) is 0.528. The van der Waals surface area contributed by atoms with Gasteiger partial charge in [-0.2, -0.15) is 0 Å². The third-order valence-corrected chi connectivity index (χ3v) is 3.67. The molecule has 0 aromatic heterocycles. The van der Waals surface area contributed by atoms with Crippen LogP contribution in [0.5, 0.6) is 0 Å². The lowest BCUT2D eigenvalue weighted by Crippen LogP contribution is -2.15. The van der Waals surface area contributed by atoms with Gasteiger partial charge in [0.1, 0.15) is 0 Å². The first-order valence-electron chi connectivity index (χ1n) is 2.71. The van der Waals surface area contributed by atoms with Gasteiger partial charge >= 0.3 is 0 Å². The molecule has 1 N–H and O–H groups in total. The lowest BCUT2D eigenvalue weighted by molar-refractivity contribution is 0.742. The Hall–Kier alpha value is 0.690. The van der Waals surface area contributed by atoms with E-state index in [0.717, 1.165) is 9.34 Å². The van der Waals surface area contributed by atoms with Gasteiger partial charge in [0, 0.05) is 9.97 Å². The summed E-state index contributed by atoms with van der Waals surface area (Å²) < 4.78 is 0.720. The summed E-state index contributed by atoms with van der Waals surface area (Å²) in [6, 6.07) is 0. The number of piperidine rings is 1. The monoisotopic (exact) mass is 209 g/mol. The zero-order valence-corrected chi connectivity index (χ0v) is 6.23. The molecule has 2 aliphatic rings. The second-order valence-electron chi connectivity index (χ2n) is 2.57. The smallest absolute Gasteiger partial charge is 0.0390 e. The van der Waals surface area contributed by atoms with Crippen LogP contribution in [0.3, 0.4) is 0 Å². The van der Waals surface area contributed by atoms with Crippen molar-refractivity contribution in [2.75, 3.05) is 13.1 Å². The number of nitrogens with one attached hydrogen (secondary N) is 1. The SMILES string of the molecule is IC12CNCC1C2. The predicted octanol–water partition coefficient (Wildman–Crippen LogP) is 0.783. The normalized spacial score (nSPS) is 57.0. The zero-order chi connectivity index (χ0) is 4.91. The molecule has 0 aromatic rings. The number of hydrogen-bond donors (Lipinski definition) is 1. The van der Waals surface area contributed by atoms with Crippen molar-refractivity contribution in [3.63, 3.8) is 0 Å². The molecule has 2 fully saturated rings. The van der Waals surface area contributed by atoms with E-state index in [1.165, 1.54) is 19.5 Å². The van der Waals surface area contributed by atoms with Gasteiger partial charge in [0.05, 0.1) is 0 Å². The van der Waals surface area contributed by atoms with Gasteiger partial charge in [-0.05, 0) is 18.9 Å². The number of alkyl halides is 1. The number of hydrogen-bond acceptors (Lipinski definition) is 1. The Morgan fingerprint density at radius 2 is 2.57 bits per heavy atom. The van der Waals surface area contributed by atoms with Crippen LogP contribution in [0.15, 0.2) is 0 Å². The molecule has 0 bridgehead atoms. The molecule has 2 unspecified atom stereocenters. The van der Waals surface area contributed by atoms with Crippen molar-refractivity contribution in [1.82, 2.24) is 5.32 Å². The Morgan fingerprint density at radius 3 is 2.71 bits per heavy atom. The summed E-state index contributed by atoms with van der Waals surface area (Å²) in [7, 11) is 0. The van der Waals surface area contributed by atoms with Crippen LogP contribution in [0.2, 0.25) is 0 Å². The molecule has 1 aliphatic heterocycles. The summed E-state index contributed by atoms with van der Waals surface area (Å²) in [6.07, 6.45) is 1.47. The van der Waals surface area contributed by atoms with Gasteiger partial charge in [-0.1, -0.05) is 22.6 Å². The minimum absolute atomic E-state index is 0.720.